The Labute approximate surface area is 190 Å². The van der Waals surface area contributed by atoms with Crippen LogP contribution in [-0.2, 0) is 32.1 Å². The Morgan fingerprint density at radius 3 is 2.24 bits per heavy atom. The lowest BCUT2D eigenvalue weighted by Crippen LogP contribution is -2.56. The number of carbonyl (C=O) groups excluding carboxylic acids is 3. The first kappa shape index (κ1) is 24.2. The van der Waals surface area contributed by atoms with E-state index in [1.165, 1.54) is 0 Å². The number of likely N-dealkylation sites (tertiary alicyclic amines) is 1. The highest BCUT2D eigenvalue weighted by molar-refractivity contribution is 5.91. The zero-order chi connectivity index (χ0) is 23.8. The van der Waals surface area contributed by atoms with Crippen molar-refractivity contribution in [3.05, 3.63) is 71.8 Å². The quantitative estimate of drug-likeness (QED) is 0.611. The van der Waals surface area contributed by atoms with Gasteiger partial charge in [0, 0.05) is 19.4 Å². The minimum atomic E-state index is -3.47. The van der Waals surface area contributed by atoms with Gasteiger partial charge in [-0.15, -0.1) is 0 Å². The van der Waals surface area contributed by atoms with Crippen LogP contribution in [0.25, 0.3) is 0 Å². The number of nitrogens with zero attached hydrogens (tertiary/aromatic N) is 1. The summed E-state index contributed by atoms with van der Waals surface area (Å²) in [7, 11) is 0. The van der Waals surface area contributed by atoms with Crippen molar-refractivity contribution in [2.45, 2.75) is 44.4 Å². The first-order chi connectivity index (χ1) is 15.8. The molecule has 1 aliphatic heterocycles. The summed E-state index contributed by atoms with van der Waals surface area (Å²) >= 11 is 0. The molecule has 7 nitrogen and oxygen atoms in total. The van der Waals surface area contributed by atoms with Gasteiger partial charge in [0.15, 0.2) is 6.04 Å². The SMILES string of the molecule is CCOC(=O)[C@@H](Cc1ccccc1)NC(=O)C1N(C(=O)OCc2ccccc2)CCC1(F)F. The fourth-order valence-electron chi connectivity index (χ4n) is 3.63. The van der Waals surface area contributed by atoms with Crippen LogP contribution in [0.3, 0.4) is 0 Å². The molecule has 2 atom stereocenters. The van der Waals surface area contributed by atoms with Gasteiger partial charge in [-0.25, -0.2) is 18.4 Å². The highest BCUT2D eigenvalue weighted by atomic mass is 19.3. The third-order valence-corrected chi connectivity index (χ3v) is 5.26. The van der Waals surface area contributed by atoms with E-state index in [9.17, 15) is 23.2 Å². The largest absolute Gasteiger partial charge is 0.464 e. The third-order valence-electron chi connectivity index (χ3n) is 5.26. The van der Waals surface area contributed by atoms with E-state index in [-0.39, 0.29) is 26.2 Å². The summed E-state index contributed by atoms with van der Waals surface area (Å²) in [6.07, 6.45) is -1.65. The Morgan fingerprint density at radius 2 is 1.64 bits per heavy atom. The highest BCUT2D eigenvalue weighted by Crippen LogP contribution is 2.34. The second-order valence-electron chi connectivity index (χ2n) is 7.65. The summed E-state index contributed by atoms with van der Waals surface area (Å²) in [6, 6.07) is 14.3. The topological polar surface area (TPSA) is 84.9 Å². The first-order valence-corrected chi connectivity index (χ1v) is 10.7. The molecule has 2 amide bonds. The molecule has 3 rings (SSSR count). The summed E-state index contributed by atoms with van der Waals surface area (Å²) in [6.45, 7) is 1.21. The number of nitrogens with one attached hydrogen (secondary N) is 1. The van der Waals surface area contributed by atoms with Crippen LogP contribution < -0.4 is 5.32 Å². The maximum atomic E-state index is 14.6. The predicted octanol–water partition coefficient (Wildman–Crippen LogP) is 3.32. The van der Waals surface area contributed by atoms with Gasteiger partial charge in [0.05, 0.1) is 6.61 Å². The van der Waals surface area contributed by atoms with E-state index in [4.69, 9.17) is 9.47 Å². The molecule has 1 unspecified atom stereocenters. The number of ether oxygens (including phenoxy) is 2. The van der Waals surface area contributed by atoms with Gasteiger partial charge < -0.3 is 14.8 Å². The molecule has 0 spiro atoms. The number of hydrogen-bond acceptors (Lipinski definition) is 5. The molecule has 2 aromatic rings. The third kappa shape index (κ3) is 6.27. The molecule has 1 saturated heterocycles. The van der Waals surface area contributed by atoms with Crippen LogP contribution in [0, 0.1) is 0 Å². The molecule has 1 heterocycles. The molecule has 9 heteroatoms. The van der Waals surface area contributed by atoms with Crippen LogP contribution >= 0.6 is 0 Å². The smallest absolute Gasteiger partial charge is 0.410 e. The van der Waals surface area contributed by atoms with Gasteiger partial charge >= 0.3 is 12.1 Å². The first-order valence-electron chi connectivity index (χ1n) is 10.7. The van der Waals surface area contributed by atoms with Crippen molar-refractivity contribution in [2.24, 2.45) is 0 Å². The molecule has 1 aliphatic rings. The van der Waals surface area contributed by atoms with Crippen molar-refractivity contribution >= 4 is 18.0 Å². The molecular weight excluding hydrogens is 434 g/mol. The Kier molecular flexibility index (Phi) is 7.97. The zero-order valence-electron chi connectivity index (χ0n) is 18.2. The fraction of sp³-hybridized carbons (Fsp3) is 0.375. The molecule has 176 valence electrons. The Balaban J connectivity index is 1.72. The number of alkyl halides is 2. The molecular formula is C24H26F2N2O5. The molecule has 0 radical (unpaired) electrons. The van der Waals surface area contributed by atoms with Gasteiger partial charge in [-0.1, -0.05) is 60.7 Å². The van der Waals surface area contributed by atoms with Gasteiger partial charge in [-0.05, 0) is 18.1 Å². The molecule has 1 fully saturated rings. The molecule has 2 aromatic carbocycles. The van der Waals surface area contributed by atoms with Crippen molar-refractivity contribution in [1.29, 1.82) is 0 Å². The van der Waals surface area contributed by atoms with Crippen LogP contribution in [0.2, 0.25) is 0 Å². The summed E-state index contributed by atoms with van der Waals surface area (Å²) in [5.74, 6) is -5.35. The maximum Gasteiger partial charge on any atom is 0.410 e. The summed E-state index contributed by atoms with van der Waals surface area (Å²) in [4.78, 5) is 38.6. The Hall–Kier alpha value is -3.49. The number of esters is 1. The normalized spacial score (nSPS) is 17.8. The maximum absolute atomic E-state index is 14.6. The lowest BCUT2D eigenvalue weighted by molar-refractivity contribution is -0.149. The van der Waals surface area contributed by atoms with Crippen LogP contribution in [0.4, 0.5) is 13.6 Å². The van der Waals surface area contributed by atoms with Crippen molar-refractivity contribution < 1.29 is 32.6 Å². The summed E-state index contributed by atoms with van der Waals surface area (Å²) in [5.41, 5.74) is 1.40. The van der Waals surface area contributed by atoms with E-state index in [0.29, 0.717) is 16.0 Å². The average Bonchev–Trinajstić information content (AvgIpc) is 3.13. The van der Waals surface area contributed by atoms with E-state index >= 15 is 0 Å². The molecule has 0 aromatic heterocycles. The van der Waals surface area contributed by atoms with E-state index < -0.39 is 42.4 Å². The molecule has 1 N–H and O–H groups in total. The second kappa shape index (κ2) is 10.9. The van der Waals surface area contributed by atoms with Gasteiger partial charge in [0.2, 0.25) is 5.91 Å². The number of hydrogen-bond donors (Lipinski definition) is 1. The van der Waals surface area contributed by atoms with Crippen molar-refractivity contribution in [3.8, 4) is 0 Å². The van der Waals surface area contributed by atoms with Crippen molar-refractivity contribution in [2.75, 3.05) is 13.2 Å². The van der Waals surface area contributed by atoms with Gasteiger partial charge in [0.1, 0.15) is 12.6 Å². The Bertz CT molecular complexity index is 956. The zero-order valence-corrected chi connectivity index (χ0v) is 18.2. The number of rotatable bonds is 8. The van der Waals surface area contributed by atoms with Crippen LogP contribution in [0.5, 0.6) is 0 Å². The summed E-state index contributed by atoms with van der Waals surface area (Å²) < 4.78 is 39.4. The van der Waals surface area contributed by atoms with Crippen LogP contribution in [0.1, 0.15) is 24.5 Å². The van der Waals surface area contributed by atoms with E-state index in [0.717, 1.165) is 0 Å². The molecule has 33 heavy (non-hydrogen) atoms. The number of benzene rings is 2. The average molecular weight is 460 g/mol. The minimum absolute atomic E-state index is 0.0577. The van der Waals surface area contributed by atoms with E-state index in [1.807, 2.05) is 0 Å². The summed E-state index contributed by atoms with van der Waals surface area (Å²) in [5, 5.41) is 2.36. The predicted molar refractivity (Wildman–Crippen MR) is 115 cm³/mol. The van der Waals surface area contributed by atoms with Crippen molar-refractivity contribution in [3.63, 3.8) is 0 Å². The lowest BCUT2D eigenvalue weighted by atomic mass is 10.0. The van der Waals surface area contributed by atoms with Gasteiger partial charge in [-0.2, -0.15) is 0 Å². The molecule has 0 bridgehead atoms. The van der Waals surface area contributed by atoms with Crippen LogP contribution in [0.15, 0.2) is 60.7 Å². The van der Waals surface area contributed by atoms with E-state index in [1.54, 1.807) is 67.6 Å². The van der Waals surface area contributed by atoms with Crippen LogP contribution in [-0.4, -0.2) is 54.0 Å². The monoisotopic (exact) mass is 460 g/mol. The lowest BCUT2D eigenvalue weighted by Gasteiger charge is -2.28. The highest BCUT2D eigenvalue weighted by Gasteiger charge is 2.55. The van der Waals surface area contributed by atoms with Gasteiger partial charge in [-0.3, -0.25) is 9.69 Å². The number of amides is 2. The molecule has 0 aliphatic carbocycles. The minimum Gasteiger partial charge on any atom is -0.464 e. The Morgan fingerprint density at radius 1 is 1.03 bits per heavy atom. The fourth-order valence-corrected chi connectivity index (χ4v) is 3.63. The van der Waals surface area contributed by atoms with E-state index in [2.05, 4.69) is 5.32 Å². The molecule has 0 saturated carbocycles. The number of carbonyl (C=O) groups is 3. The van der Waals surface area contributed by atoms with Gasteiger partial charge in [0.25, 0.3) is 5.92 Å². The standard InChI is InChI=1S/C24H26F2N2O5/c1-2-32-22(30)19(15-17-9-5-3-6-10-17)27-21(29)20-24(25,26)13-14-28(20)23(31)33-16-18-11-7-4-8-12-18/h3-12,19-20H,2,13-16H2,1H3,(H,27,29)/t19-,20?/m1/s1. The number of halogens is 2. The second-order valence-corrected chi connectivity index (χ2v) is 7.65. The van der Waals surface area contributed by atoms with Crippen molar-refractivity contribution in [1.82, 2.24) is 10.2 Å².